The molecule has 36 heavy (non-hydrogen) atoms. The molecule has 0 saturated heterocycles. The van der Waals surface area contributed by atoms with Crippen molar-refractivity contribution in [2.45, 2.75) is 39.9 Å². The molecule has 0 aromatic heterocycles. The fourth-order valence-corrected chi connectivity index (χ4v) is 4.86. The summed E-state index contributed by atoms with van der Waals surface area (Å²) in [6.45, 7) is 7.96. The fraction of sp³-hybridized carbons (Fsp3) is 0.226. The first-order valence-corrected chi connectivity index (χ1v) is 12.1. The van der Waals surface area contributed by atoms with Crippen LogP contribution >= 0.6 is 0 Å². The van der Waals surface area contributed by atoms with Crippen LogP contribution in [0, 0.1) is 0 Å². The maximum atomic E-state index is 11.2. The molecule has 0 atom stereocenters. The van der Waals surface area contributed by atoms with Crippen LogP contribution in [0.1, 0.15) is 27.7 Å². The predicted molar refractivity (Wildman–Crippen MR) is 146 cm³/mol. The summed E-state index contributed by atoms with van der Waals surface area (Å²) in [6, 6.07) is 20.8. The number of ether oxygens (including phenoxy) is 3. The zero-order valence-corrected chi connectivity index (χ0v) is 21.1. The number of phenols is 2. The third-order valence-electron chi connectivity index (χ3n) is 6.21. The second kappa shape index (κ2) is 9.15. The highest BCUT2D eigenvalue weighted by Crippen LogP contribution is 2.49. The van der Waals surface area contributed by atoms with Crippen molar-refractivity contribution >= 4 is 32.3 Å². The molecule has 0 amide bonds. The lowest BCUT2D eigenvalue weighted by atomic mass is 9.90. The molecule has 5 heteroatoms. The van der Waals surface area contributed by atoms with Gasteiger partial charge in [-0.3, -0.25) is 0 Å². The molecule has 0 aliphatic rings. The average Bonchev–Trinajstić information content (AvgIpc) is 2.83. The normalized spacial score (nSPS) is 11.6. The van der Waals surface area contributed by atoms with Crippen LogP contribution in [-0.4, -0.2) is 29.5 Å². The second-order valence-corrected chi connectivity index (χ2v) is 9.52. The van der Waals surface area contributed by atoms with Crippen LogP contribution in [-0.2, 0) is 0 Å². The van der Waals surface area contributed by atoms with Crippen molar-refractivity contribution in [1.29, 1.82) is 0 Å². The number of aromatic hydroxyl groups is 2. The van der Waals surface area contributed by atoms with E-state index < -0.39 is 0 Å². The van der Waals surface area contributed by atoms with Gasteiger partial charge in [0.2, 0.25) is 0 Å². The fourth-order valence-electron chi connectivity index (χ4n) is 4.86. The summed E-state index contributed by atoms with van der Waals surface area (Å²) in [5.41, 5.74) is 1.11. The molecule has 0 heterocycles. The molecule has 0 aliphatic carbocycles. The molecule has 0 radical (unpaired) electrons. The Morgan fingerprint density at radius 2 is 1.11 bits per heavy atom. The number of hydrogen-bond donors (Lipinski definition) is 2. The van der Waals surface area contributed by atoms with Crippen LogP contribution < -0.4 is 14.2 Å². The van der Waals surface area contributed by atoms with Gasteiger partial charge in [-0.25, -0.2) is 0 Å². The van der Waals surface area contributed by atoms with E-state index in [4.69, 9.17) is 14.2 Å². The minimum atomic E-state index is 0.0313. The molecule has 0 bridgehead atoms. The maximum Gasteiger partial charge on any atom is 0.131 e. The van der Waals surface area contributed by atoms with Crippen molar-refractivity contribution in [1.82, 2.24) is 0 Å². The lowest BCUT2D eigenvalue weighted by Crippen LogP contribution is -2.05. The SMILES string of the molecule is COc1cc(O)c(-c2c(O)ccc3cc(OC(C)C)ccc23)c2ccc3cc(OC(C)C)ccc3c12. The molecule has 0 saturated carbocycles. The predicted octanol–water partition coefficient (Wildman–Crippen LogP) is 7.81. The van der Waals surface area contributed by atoms with Crippen molar-refractivity contribution in [3.05, 3.63) is 66.7 Å². The Balaban J connectivity index is 1.81. The number of fused-ring (bicyclic) bond motifs is 4. The average molecular weight is 483 g/mol. The molecule has 0 aliphatic heterocycles. The summed E-state index contributed by atoms with van der Waals surface area (Å²) < 4.78 is 17.5. The lowest BCUT2D eigenvalue weighted by molar-refractivity contribution is 0.242. The molecular formula is C31H30O5. The number of methoxy groups -OCH3 is 1. The standard InChI is InChI=1S/C31H30O5/c1-17(2)35-21-8-11-23-19(14-21)6-10-25-29(23)28(34-5)16-27(33)31(25)30-24-12-9-22(36-18(3)4)15-20(24)7-13-26(30)32/h6-18,32-33H,1-5H3. The Labute approximate surface area is 210 Å². The largest absolute Gasteiger partial charge is 0.507 e. The molecule has 184 valence electrons. The van der Waals surface area contributed by atoms with Crippen molar-refractivity contribution in [2.75, 3.05) is 7.11 Å². The third-order valence-corrected chi connectivity index (χ3v) is 6.21. The molecule has 2 N–H and O–H groups in total. The van der Waals surface area contributed by atoms with Gasteiger partial charge in [0.15, 0.2) is 0 Å². The van der Waals surface area contributed by atoms with E-state index in [1.807, 2.05) is 82.3 Å². The summed E-state index contributed by atoms with van der Waals surface area (Å²) in [7, 11) is 1.59. The van der Waals surface area contributed by atoms with Gasteiger partial charge in [0.05, 0.1) is 19.3 Å². The summed E-state index contributed by atoms with van der Waals surface area (Å²) in [5, 5.41) is 27.6. The van der Waals surface area contributed by atoms with Gasteiger partial charge >= 0.3 is 0 Å². The van der Waals surface area contributed by atoms with Gasteiger partial charge in [-0.15, -0.1) is 0 Å². The Morgan fingerprint density at radius 1 is 0.583 bits per heavy atom. The van der Waals surface area contributed by atoms with E-state index in [0.29, 0.717) is 16.9 Å². The van der Waals surface area contributed by atoms with E-state index in [2.05, 4.69) is 0 Å². The van der Waals surface area contributed by atoms with Crippen molar-refractivity contribution in [3.63, 3.8) is 0 Å². The van der Waals surface area contributed by atoms with Crippen LogP contribution in [0.2, 0.25) is 0 Å². The van der Waals surface area contributed by atoms with E-state index in [1.54, 1.807) is 19.2 Å². The van der Waals surface area contributed by atoms with Crippen molar-refractivity contribution in [3.8, 4) is 39.9 Å². The lowest BCUT2D eigenvalue weighted by Gasteiger charge is -2.18. The zero-order valence-electron chi connectivity index (χ0n) is 21.1. The van der Waals surface area contributed by atoms with E-state index >= 15 is 0 Å². The van der Waals surface area contributed by atoms with Gasteiger partial charge in [0.1, 0.15) is 28.7 Å². The summed E-state index contributed by atoms with van der Waals surface area (Å²) in [5.74, 6) is 2.22. The molecule has 0 unspecified atom stereocenters. The van der Waals surface area contributed by atoms with Gasteiger partial charge < -0.3 is 24.4 Å². The van der Waals surface area contributed by atoms with E-state index in [0.717, 1.165) is 43.8 Å². The molecule has 0 spiro atoms. The van der Waals surface area contributed by atoms with E-state index in [9.17, 15) is 10.2 Å². The minimum absolute atomic E-state index is 0.0313. The van der Waals surface area contributed by atoms with Crippen LogP contribution in [0.15, 0.2) is 66.7 Å². The Morgan fingerprint density at radius 3 is 1.72 bits per heavy atom. The summed E-state index contributed by atoms with van der Waals surface area (Å²) in [6.07, 6.45) is 0.120. The monoisotopic (exact) mass is 482 g/mol. The quantitative estimate of drug-likeness (QED) is 0.242. The van der Waals surface area contributed by atoms with Gasteiger partial charge in [-0.2, -0.15) is 0 Å². The second-order valence-electron chi connectivity index (χ2n) is 9.52. The number of rotatable bonds is 6. The van der Waals surface area contributed by atoms with Gasteiger partial charge in [-0.05, 0) is 97.1 Å². The first-order chi connectivity index (χ1) is 17.3. The van der Waals surface area contributed by atoms with Gasteiger partial charge in [0, 0.05) is 22.6 Å². The highest BCUT2D eigenvalue weighted by Gasteiger charge is 2.21. The number of benzene rings is 5. The third kappa shape index (κ3) is 4.11. The molecule has 5 rings (SSSR count). The van der Waals surface area contributed by atoms with Gasteiger partial charge in [0.25, 0.3) is 0 Å². The Hall–Kier alpha value is -4.12. The topological polar surface area (TPSA) is 68.2 Å². The molecule has 5 aromatic rings. The minimum Gasteiger partial charge on any atom is -0.507 e. The Bertz CT molecular complexity index is 1600. The highest BCUT2D eigenvalue weighted by molar-refractivity contribution is 6.19. The van der Waals surface area contributed by atoms with Crippen LogP contribution in [0.5, 0.6) is 28.7 Å². The smallest absolute Gasteiger partial charge is 0.131 e. The van der Waals surface area contributed by atoms with E-state index in [1.165, 1.54) is 0 Å². The van der Waals surface area contributed by atoms with Crippen molar-refractivity contribution in [2.24, 2.45) is 0 Å². The number of hydrogen-bond acceptors (Lipinski definition) is 5. The maximum absolute atomic E-state index is 11.2. The number of phenolic OH excluding ortho intramolecular Hbond substituents is 2. The van der Waals surface area contributed by atoms with E-state index in [-0.39, 0.29) is 23.7 Å². The van der Waals surface area contributed by atoms with Crippen LogP contribution in [0.4, 0.5) is 0 Å². The zero-order chi connectivity index (χ0) is 25.6. The molecule has 5 nitrogen and oxygen atoms in total. The van der Waals surface area contributed by atoms with Crippen LogP contribution in [0.3, 0.4) is 0 Å². The Kier molecular flexibility index (Phi) is 6.00. The molecular weight excluding hydrogens is 452 g/mol. The molecule has 0 fully saturated rings. The first kappa shape index (κ1) is 23.6. The van der Waals surface area contributed by atoms with Crippen LogP contribution in [0.25, 0.3) is 43.4 Å². The highest BCUT2D eigenvalue weighted by atomic mass is 16.5. The van der Waals surface area contributed by atoms with Crippen molar-refractivity contribution < 1.29 is 24.4 Å². The summed E-state index contributed by atoms with van der Waals surface area (Å²) in [4.78, 5) is 0. The molecule has 5 aromatic carbocycles. The summed E-state index contributed by atoms with van der Waals surface area (Å²) >= 11 is 0. The first-order valence-electron chi connectivity index (χ1n) is 12.1. The van der Waals surface area contributed by atoms with Gasteiger partial charge in [-0.1, -0.05) is 18.2 Å².